The Kier molecular flexibility index (Phi) is 5.96. The van der Waals surface area contributed by atoms with Gasteiger partial charge < -0.3 is 9.47 Å². The number of hydrogen-bond donors (Lipinski definition) is 0. The Morgan fingerprint density at radius 3 is 1.38 bits per heavy atom. The second-order valence-corrected chi connectivity index (χ2v) is 4.76. The van der Waals surface area contributed by atoms with E-state index >= 15 is 0 Å². The molecule has 2 aromatic rings. The number of rotatable bonds is 2. The summed E-state index contributed by atoms with van der Waals surface area (Å²) in [6.07, 6.45) is 0.525. The topological polar surface area (TPSA) is 86.7 Å². The largest absolute Gasteiger partial charge is 0.393 e. The maximum absolute atomic E-state index is 11.6. The summed E-state index contributed by atoms with van der Waals surface area (Å²) in [5, 5.41) is 0. The summed E-state index contributed by atoms with van der Waals surface area (Å²) in [4.78, 5) is 43.2. The zero-order chi connectivity index (χ0) is 17.4. The van der Waals surface area contributed by atoms with Crippen molar-refractivity contribution >= 4 is 23.9 Å². The van der Waals surface area contributed by atoms with Crippen LogP contribution in [0.25, 0.3) is 0 Å². The Balaban J connectivity index is 0.000000249. The maximum atomic E-state index is 11.6. The van der Waals surface area contributed by atoms with Crippen molar-refractivity contribution in [3.05, 3.63) is 71.8 Å². The van der Waals surface area contributed by atoms with Gasteiger partial charge in [0.15, 0.2) is 0 Å². The highest BCUT2D eigenvalue weighted by Crippen LogP contribution is 2.06. The Morgan fingerprint density at radius 2 is 1.08 bits per heavy atom. The van der Waals surface area contributed by atoms with E-state index in [1.807, 2.05) is 0 Å². The molecule has 0 bridgehead atoms. The minimum atomic E-state index is -0.639. The molecule has 1 heterocycles. The van der Waals surface area contributed by atoms with Gasteiger partial charge in [-0.15, -0.1) is 0 Å². The van der Waals surface area contributed by atoms with E-state index < -0.39 is 23.9 Å². The molecule has 0 aliphatic carbocycles. The van der Waals surface area contributed by atoms with Crippen LogP contribution in [-0.4, -0.2) is 23.9 Å². The van der Waals surface area contributed by atoms with Gasteiger partial charge in [-0.2, -0.15) is 0 Å². The van der Waals surface area contributed by atoms with Crippen LogP contribution in [0.1, 0.15) is 33.6 Å². The first kappa shape index (κ1) is 17.1. The number of carbonyl (C=O) groups excluding carboxylic acids is 4. The van der Waals surface area contributed by atoms with Gasteiger partial charge in [0.1, 0.15) is 0 Å². The molecule has 0 spiro atoms. The highest BCUT2D eigenvalue weighted by atomic mass is 16.6. The maximum Gasteiger partial charge on any atom is 0.346 e. The van der Waals surface area contributed by atoms with Crippen LogP contribution >= 0.6 is 0 Å². The van der Waals surface area contributed by atoms with Crippen LogP contribution < -0.4 is 0 Å². The first-order valence-electron chi connectivity index (χ1n) is 7.16. The fourth-order valence-electron chi connectivity index (χ4n) is 1.78. The first-order valence-corrected chi connectivity index (χ1v) is 7.16. The van der Waals surface area contributed by atoms with Gasteiger partial charge in [-0.3, -0.25) is 9.59 Å². The summed E-state index contributed by atoms with van der Waals surface area (Å²) in [5.74, 6) is -2.08. The van der Waals surface area contributed by atoms with Gasteiger partial charge in [0.25, 0.3) is 0 Å². The van der Waals surface area contributed by atoms with Gasteiger partial charge >= 0.3 is 23.9 Å². The molecule has 0 atom stereocenters. The van der Waals surface area contributed by atoms with Gasteiger partial charge in [0.2, 0.25) is 0 Å². The molecule has 24 heavy (non-hydrogen) atoms. The van der Waals surface area contributed by atoms with Crippen molar-refractivity contribution in [1.29, 1.82) is 0 Å². The van der Waals surface area contributed by atoms with Crippen molar-refractivity contribution in [2.45, 2.75) is 12.8 Å². The molecular weight excluding hydrogens is 312 g/mol. The molecule has 1 saturated heterocycles. The molecule has 122 valence electrons. The van der Waals surface area contributed by atoms with Crippen LogP contribution in [0.15, 0.2) is 60.7 Å². The van der Waals surface area contributed by atoms with Gasteiger partial charge in [0.05, 0.1) is 24.0 Å². The van der Waals surface area contributed by atoms with E-state index in [1.165, 1.54) is 0 Å². The molecule has 6 heteroatoms. The third kappa shape index (κ3) is 5.17. The molecule has 0 aromatic heterocycles. The number of hydrogen-bond acceptors (Lipinski definition) is 6. The monoisotopic (exact) mass is 326 g/mol. The molecule has 0 amide bonds. The molecule has 2 aromatic carbocycles. The molecule has 0 saturated carbocycles. The van der Waals surface area contributed by atoms with Crippen LogP contribution in [0.2, 0.25) is 0 Å². The second-order valence-electron chi connectivity index (χ2n) is 4.76. The Morgan fingerprint density at radius 1 is 0.708 bits per heavy atom. The molecule has 1 aliphatic rings. The van der Waals surface area contributed by atoms with Crippen LogP contribution in [0.3, 0.4) is 0 Å². The predicted molar refractivity (Wildman–Crippen MR) is 83.0 cm³/mol. The molecular formula is C18H14O6. The van der Waals surface area contributed by atoms with Gasteiger partial charge in [-0.25, -0.2) is 9.59 Å². The Labute approximate surface area is 138 Å². The summed E-state index contributed by atoms with van der Waals surface area (Å²) in [5.41, 5.74) is 0.716. The van der Waals surface area contributed by atoms with Crippen LogP contribution in [-0.2, 0) is 19.1 Å². The smallest absolute Gasteiger partial charge is 0.346 e. The summed E-state index contributed by atoms with van der Waals surface area (Å²) in [6.45, 7) is 0. The number of benzene rings is 2. The highest BCUT2D eigenvalue weighted by Gasteiger charge is 2.19. The van der Waals surface area contributed by atoms with E-state index in [2.05, 4.69) is 4.74 Å². The van der Waals surface area contributed by atoms with E-state index in [0.717, 1.165) is 0 Å². The molecule has 1 aliphatic heterocycles. The molecule has 1 fully saturated rings. The van der Waals surface area contributed by atoms with Gasteiger partial charge in [-0.1, -0.05) is 36.4 Å². The second kappa shape index (κ2) is 8.38. The van der Waals surface area contributed by atoms with Crippen molar-refractivity contribution in [3.8, 4) is 0 Å². The number of cyclic esters (lactones) is 2. The first-order chi connectivity index (χ1) is 11.6. The molecule has 0 N–H and O–H groups in total. The zero-order valence-corrected chi connectivity index (χ0v) is 12.6. The SMILES string of the molecule is O=C(OC(=O)c1ccccc1)c1ccccc1.O=C1CCC(=O)O1. The summed E-state index contributed by atoms with van der Waals surface area (Å²) in [7, 11) is 0. The standard InChI is InChI=1S/C14H10O3.C4H4O3/c15-13(11-7-3-1-4-8-11)17-14(16)12-9-5-2-6-10-12;5-3-1-2-4(6)7-3/h1-10H;1-2H2. The minimum absolute atomic E-state index is 0.263. The quantitative estimate of drug-likeness (QED) is 0.622. The molecule has 6 nitrogen and oxygen atoms in total. The summed E-state index contributed by atoms with van der Waals surface area (Å²) >= 11 is 0. The molecule has 0 unspecified atom stereocenters. The lowest BCUT2D eigenvalue weighted by Gasteiger charge is -2.02. The number of carbonyl (C=O) groups is 4. The summed E-state index contributed by atoms with van der Waals surface area (Å²) in [6, 6.07) is 16.8. The Bertz CT molecular complexity index is 673. The third-order valence-electron chi connectivity index (χ3n) is 2.97. The summed E-state index contributed by atoms with van der Waals surface area (Å²) < 4.78 is 8.83. The van der Waals surface area contributed by atoms with Crippen molar-refractivity contribution in [2.24, 2.45) is 0 Å². The van der Waals surface area contributed by atoms with E-state index in [0.29, 0.717) is 11.1 Å². The van der Waals surface area contributed by atoms with Crippen molar-refractivity contribution in [3.63, 3.8) is 0 Å². The van der Waals surface area contributed by atoms with E-state index in [4.69, 9.17) is 4.74 Å². The van der Waals surface area contributed by atoms with Crippen molar-refractivity contribution in [2.75, 3.05) is 0 Å². The number of esters is 4. The lowest BCUT2D eigenvalue weighted by Crippen LogP contribution is -2.12. The molecule has 0 radical (unpaired) electrons. The molecule has 3 rings (SSSR count). The van der Waals surface area contributed by atoms with Crippen LogP contribution in [0.4, 0.5) is 0 Å². The average molecular weight is 326 g/mol. The Hall–Kier alpha value is -3.28. The predicted octanol–water partition coefficient (Wildman–Crippen LogP) is 2.53. The van der Waals surface area contributed by atoms with E-state index in [9.17, 15) is 19.2 Å². The number of ether oxygens (including phenoxy) is 2. The lowest BCUT2D eigenvalue weighted by atomic mass is 10.2. The lowest BCUT2D eigenvalue weighted by molar-refractivity contribution is -0.151. The van der Waals surface area contributed by atoms with Crippen LogP contribution in [0.5, 0.6) is 0 Å². The normalized spacial score (nSPS) is 12.7. The average Bonchev–Trinajstić information content (AvgIpc) is 3.00. The fourth-order valence-corrected chi connectivity index (χ4v) is 1.78. The van der Waals surface area contributed by atoms with Crippen molar-refractivity contribution < 1.29 is 28.7 Å². The van der Waals surface area contributed by atoms with Crippen molar-refractivity contribution in [1.82, 2.24) is 0 Å². The van der Waals surface area contributed by atoms with E-state index in [1.54, 1.807) is 60.7 Å². The fraction of sp³-hybridized carbons (Fsp3) is 0.111. The van der Waals surface area contributed by atoms with Gasteiger partial charge in [-0.05, 0) is 24.3 Å². The zero-order valence-electron chi connectivity index (χ0n) is 12.6. The van der Waals surface area contributed by atoms with Gasteiger partial charge in [0, 0.05) is 0 Å². The minimum Gasteiger partial charge on any atom is -0.393 e. The third-order valence-corrected chi connectivity index (χ3v) is 2.97. The van der Waals surface area contributed by atoms with Crippen LogP contribution in [0, 0.1) is 0 Å². The van der Waals surface area contributed by atoms with E-state index in [-0.39, 0.29) is 12.8 Å². The highest BCUT2D eigenvalue weighted by molar-refractivity contribution is 6.02.